The van der Waals surface area contributed by atoms with Crippen molar-refractivity contribution in [2.24, 2.45) is 0 Å². The zero-order chi connectivity index (χ0) is 19.3. The number of nitrogens with one attached hydrogen (secondary N) is 1. The number of carbonyl (C=O) groups is 2. The topological polar surface area (TPSA) is 153 Å². The molecule has 10 heteroatoms. The van der Waals surface area contributed by atoms with E-state index in [0.29, 0.717) is 10.2 Å². The van der Waals surface area contributed by atoms with Crippen LogP contribution < -0.4 is 5.32 Å². The monoisotopic (exact) mass is 425 g/mol. The van der Waals surface area contributed by atoms with E-state index in [1.807, 2.05) is 0 Å². The van der Waals surface area contributed by atoms with Gasteiger partial charge in [0.25, 0.3) is 5.91 Å². The first-order chi connectivity index (χ1) is 12.3. The highest BCUT2D eigenvalue weighted by Gasteiger charge is 2.18. The fourth-order valence-corrected chi connectivity index (χ4v) is 2.40. The molecule has 0 bridgehead atoms. The lowest BCUT2D eigenvalue weighted by atomic mass is 10.1. The number of hydrogen-bond donors (Lipinski definition) is 5. The average Bonchev–Trinajstić information content (AvgIpc) is 2.62. The normalized spacial score (nSPS) is 13.1. The van der Waals surface area contributed by atoms with Gasteiger partial charge in [0.2, 0.25) is 0 Å². The van der Waals surface area contributed by atoms with E-state index in [9.17, 15) is 24.9 Å². The summed E-state index contributed by atoms with van der Waals surface area (Å²) < 4.78 is 0.556. The van der Waals surface area contributed by atoms with Crippen LogP contribution in [0.4, 0.5) is 5.69 Å². The number of carbonyl (C=O) groups excluding carboxylic acids is 1. The quantitative estimate of drug-likeness (QED) is 0.428. The fourth-order valence-electron chi connectivity index (χ4n) is 2.04. The molecule has 1 aromatic heterocycles. The lowest BCUT2D eigenvalue weighted by Crippen LogP contribution is -2.31. The molecule has 2 unspecified atom stereocenters. The van der Waals surface area contributed by atoms with Crippen LogP contribution in [0.5, 0.6) is 0 Å². The Kier molecular flexibility index (Phi) is 6.75. The molecule has 5 N–H and O–H groups in total. The van der Waals surface area contributed by atoms with Gasteiger partial charge in [0.05, 0.1) is 35.9 Å². The van der Waals surface area contributed by atoms with Crippen LogP contribution in [0.15, 0.2) is 35.1 Å². The Bertz CT molecular complexity index is 799. The molecule has 0 spiro atoms. The Morgan fingerprint density at radius 2 is 1.88 bits per heavy atom. The van der Waals surface area contributed by atoms with Gasteiger partial charge in [-0.25, -0.2) is 9.78 Å². The van der Waals surface area contributed by atoms with Gasteiger partial charge < -0.3 is 25.7 Å². The van der Waals surface area contributed by atoms with Gasteiger partial charge in [0.1, 0.15) is 11.8 Å². The fraction of sp³-hybridized carbons (Fsp3) is 0.250. The molecule has 0 radical (unpaired) electrons. The van der Waals surface area contributed by atoms with Crippen LogP contribution in [-0.4, -0.2) is 61.1 Å². The van der Waals surface area contributed by atoms with E-state index >= 15 is 0 Å². The minimum absolute atomic E-state index is 0.0491. The smallest absolute Gasteiger partial charge is 0.337 e. The number of anilines is 1. The standard InChI is InChI=1S/C16H16BrN3O6/c17-8-1-2-11(10(3-8)16(25)26)20-15(24)12-6-18-9(5-19-12)4-13(22)14(23)7-21/h1-3,5-6,13-14,21-23H,4,7H2,(H,20,24)(H,25,26). The summed E-state index contributed by atoms with van der Waals surface area (Å²) >= 11 is 3.17. The van der Waals surface area contributed by atoms with Crippen LogP contribution in [0.1, 0.15) is 26.5 Å². The van der Waals surface area contributed by atoms with Gasteiger partial charge in [-0.3, -0.25) is 9.78 Å². The molecular weight excluding hydrogens is 410 g/mol. The first kappa shape index (κ1) is 19.9. The molecule has 2 rings (SSSR count). The zero-order valence-electron chi connectivity index (χ0n) is 13.3. The number of amides is 1. The minimum atomic E-state index is -1.30. The van der Waals surface area contributed by atoms with Crippen molar-refractivity contribution < 1.29 is 30.0 Å². The Morgan fingerprint density at radius 3 is 2.46 bits per heavy atom. The second-order valence-corrected chi connectivity index (χ2v) is 6.28. The summed E-state index contributed by atoms with van der Waals surface area (Å²) in [5.74, 6) is -1.84. The lowest BCUT2D eigenvalue weighted by Gasteiger charge is -2.14. The summed E-state index contributed by atoms with van der Waals surface area (Å²) in [7, 11) is 0. The number of benzene rings is 1. The Labute approximate surface area is 156 Å². The number of hydrogen-bond acceptors (Lipinski definition) is 7. The molecule has 0 fully saturated rings. The SMILES string of the molecule is O=C(Nc1ccc(Br)cc1C(=O)O)c1cnc(CC(O)C(O)CO)cn1. The maximum Gasteiger partial charge on any atom is 0.337 e. The van der Waals surface area contributed by atoms with Crippen molar-refractivity contribution in [1.82, 2.24) is 9.97 Å². The van der Waals surface area contributed by atoms with Gasteiger partial charge in [-0.2, -0.15) is 0 Å². The first-order valence-corrected chi connectivity index (χ1v) is 8.23. The summed E-state index contributed by atoms with van der Waals surface area (Å²) in [6.07, 6.45) is -0.141. The van der Waals surface area contributed by atoms with Gasteiger partial charge in [0, 0.05) is 17.1 Å². The Hall–Kier alpha value is -2.40. The molecule has 1 aromatic carbocycles. The molecule has 138 valence electrons. The van der Waals surface area contributed by atoms with Crippen molar-refractivity contribution in [1.29, 1.82) is 0 Å². The maximum absolute atomic E-state index is 12.2. The van der Waals surface area contributed by atoms with Crippen LogP contribution in [0, 0.1) is 0 Å². The van der Waals surface area contributed by atoms with Gasteiger partial charge in [-0.1, -0.05) is 15.9 Å². The predicted molar refractivity (Wildman–Crippen MR) is 93.9 cm³/mol. The van der Waals surface area contributed by atoms with Crippen molar-refractivity contribution in [3.8, 4) is 0 Å². The Morgan fingerprint density at radius 1 is 1.15 bits per heavy atom. The zero-order valence-corrected chi connectivity index (χ0v) is 14.9. The van der Waals surface area contributed by atoms with Crippen molar-refractivity contribution in [3.63, 3.8) is 0 Å². The maximum atomic E-state index is 12.2. The molecule has 0 aliphatic carbocycles. The largest absolute Gasteiger partial charge is 0.478 e. The summed E-state index contributed by atoms with van der Waals surface area (Å²) in [5, 5.41) is 39.4. The number of aliphatic hydroxyl groups is 3. The number of aromatic carboxylic acids is 1. The highest BCUT2D eigenvalue weighted by Crippen LogP contribution is 2.21. The number of carboxylic acids is 1. The molecule has 2 atom stereocenters. The van der Waals surface area contributed by atoms with Crippen LogP contribution in [-0.2, 0) is 6.42 Å². The number of carboxylic acid groups (broad SMARTS) is 1. The molecule has 26 heavy (non-hydrogen) atoms. The summed E-state index contributed by atoms with van der Waals surface area (Å²) in [6.45, 7) is -0.589. The second kappa shape index (κ2) is 8.81. The molecule has 2 aromatic rings. The number of aromatic nitrogens is 2. The van der Waals surface area contributed by atoms with E-state index in [2.05, 4.69) is 31.2 Å². The second-order valence-electron chi connectivity index (χ2n) is 5.36. The van der Waals surface area contributed by atoms with Crippen molar-refractivity contribution in [3.05, 3.63) is 52.0 Å². The first-order valence-electron chi connectivity index (χ1n) is 7.44. The van der Waals surface area contributed by atoms with Crippen LogP contribution in [0.25, 0.3) is 0 Å². The lowest BCUT2D eigenvalue weighted by molar-refractivity contribution is -0.0137. The van der Waals surface area contributed by atoms with Crippen molar-refractivity contribution in [2.75, 3.05) is 11.9 Å². The van der Waals surface area contributed by atoms with Crippen molar-refractivity contribution in [2.45, 2.75) is 18.6 Å². The molecule has 0 aliphatic rings. The summed E-state index contributed by atoms with van der Waals surface area (Å²) in [4.78, 5) is 31.4. The van der Waals surface area contributed by atoms with E-state index in [1.54, 1.807) is 6.07 Å². The molecule has 0 saturated heterocycles. The molecule has 9 nitrogen and oxygen atoms in total. The summed E-state index contributed by atoms with van der Waals surface area (Å²) in [5.41, 5.74) is 0.290. The van der Waals surface area contributed by atoms with E-state index in [1.165, 1.54) is 24.5 Å². The minimum Gasteiger partial charge on any atom is -0.478 e. The van der Waals surface area contributed by atoms with E-state index in [0.717, 1.165) is 0 Å². The molecule has 0 aliphatic heterocycles. The average molecular weight is 426 g/mol. The third-order valence-corrected chi connectivity index (χ3v) is 3.94. The van der Waals surface area contributed by atoms with Crippen LogP contribution in [0.3, 0.4) is 0 Å². The highest BCUT2D eigenvalue weighted by atomic mass is 79.9. The number of halogens is 1. The molecule has 1 heterocycles. The van der Waals surface area contributed by atoms with Gasteiger partial charge >= 0.3 is 5.97 Å². The van der Waals surface area contributed by atoms with E-state index in [-0.39, 0.29) is 23.4 Å². The van der Waals surface area contributed by atoms with Crippen LogP contribution in [0.2, 0.25) is 0 Å². The van der Waals surface area contributed by atoms with E-state index in [4.69, 9.17) is 5.11 Å². The van der Waals surface area contributed by atoms with Gasteiger partial charge in [0.15, 0.2) is 0 Å². The van der Waals surface area contributed by atoms with E-state index < -0.39 is 30.7 Å². The van der Waals surface area contributed by atoms with Gasteiger partial charge in [-0.15, -0.1) is 0 Å². The predicted octanol–water partition coefficient (Wildman–Crippen LogP) is 0.446. The summed E-state index contributed by atoms with van der Waals surface area (Å²) in [6, 6.07) is 4.39. The van der Waals surface area contributed by atoms with Crippen LogP contribution >= 0.6 is 15.9 Å². The van der Waals surface area contributed by atoms with Crippen molar-refractivity contribution >= 4 is 33.5 Å². The van der Waals surface area contributed by atoms with Gasteiger partial charge in [-0.05, 0) is 18.2 Å². The molecule has 1 amide bonds. The third kappa shape index (κ3) is 5.05. The molecule has 0 saturated carbocycles. The Balaban J connectivity index is 2.10. The highest BCUT2D eigenvalue weighted by molar-refractivity contribution is 9.10. The third-order valence-electron chi connectivity index (χ3n) is 3.45. The number of nitrogens with zero attached hydrogens (tertiary/aromatic N) is 2. The number of aliphatic hydroxyl groups excluding tert-OH is 3. The molecular formula is C16H16BrN3O6. The number of rotatable bonds is 7.